The molecular formula is C12H19N3S2. The molecule has 94 valence electrons. The zero-order chi connectivity index (χ0) is 12.3. The fraction of sp³-hybridized carbons (Fsp3) is 0.667. The van der Waals surface area contributed by atoms with Gasteiger partial charge in [0.25, 0.3) is 0 Å². The molecular weight excluding hydrogens is 250 g/mol. The van der Waals surface area contributed by atoms with Crippen LogP contribution in [0, 0.1) is 0 Å². The van der Waals surface area contributed by atoms with E-state index in [0.29, 0.717) is 4.99 Å². The van der Waals surface area contributed by atoms with Crippen molar-refractivity contribution in [2.45, 2.75) is 38.6 Å². The normalized spacial score (nSPS) is 21.6. The lowest BCUT2D eigenvalue weighted by molar-refractivity contribution is 0.163. The largest absolute Gasteiger partial charge is 0.389 e. The first-order valence-corrected chi connectivity index (χ1v) is 7.38. The zero-order valence-corrected chi connectivity index (χ0v) is 11.8. The van der Waals surface area contributed by atoms with Crippen molar-refractivity contribution >= 4 is 28.5 Å². The third kappa shape index (κ3) is 3.47. The number of likely N-dealkylation sites (tertiary alicyclic amines) is 1. The molecule has 1 aromatic rings. The maximum absolute atomic E-state index is 5.58. The molecule has 5 heteroatoms. The SMILES string of the molecule is CC1CCCCN1CCc1ncc(C(N)=S)s1. The number of nitrogens with two attached hydrogens (primary N) is 1. The minimum atomic E-state index is 0.458. The van der Waals surface area contributed by atoms with Crippen LogP contribution in [0.2, 0.25) is 0 Å². The van der Waals surface area contributed by atoms with Crippen LogP contribution in [0.15, 0.2) is 6.20 Å². The molecule has 1 saturated heterocycles. The van der Waals surface area contributed by atoms with E-state index in [4.69, 9.17) is 18.0 Å². The molecule has 1 aliphatic heterocycles. The standard InChI is InChI=1S/C12H19N3S2/c1-9-4-2-3-6-15(9)7-5-11-14-8-10(17-11)12(13)16/h8-9H,2-7H2,1H3,(H2,13,16). The van der Waals surface area contributed by atoms with Crippen LogP contribution in [0.1, 0.15) is 36.1 Å². The highest BCUT2D eigenvalue weighted by atomic mass is 32.1. The first-order valence-electron chi connectivity index (χ1n) is 6.15. The van der Waals surface area contributed by atoms with Gasteiger partial charge in [-0.15, -0.1) is 11.3 Å². The van der Waals surface area contributed by atoms with Gasteiger partial charge < -0.3 is 10.6 Å². The first kappa shape index (κ1) is 12.9. The van der Waals surface area contributed by atoms with Crippen molar-refractivity contribution in [2.75, 3.05) is 13.1 Å². The Morgan fingerprint density at radius 1 is 1.65 bits per heavy atom. The van der Waals surface area contributed by atoms with Crippen molar-refractivity contribution in [3.8, 4) is 0 Å². The van der Waals surface area contributed by atoms with Gasteiger partial charge in [-0.2, -0.15) is 0 Å². The lowest BCUT2D eigenvalue weighted by atomic mass is 10.0. The van der Waals surface area contributed by atoms with E-state index in [2.05, 4.69) is 16.8 Å². The predicted octanol–water partition coefficient (Wildman–Crippen LogP) is 2.19. The third-order valence-electron chi connectivity index (χ3n) is 3.35. The quantitative estimate of drug-likeness (QED) is 0.851. The average molecular weight is 269 g/mol. The molecule has 0 spiro atoms. The number of thiocarbonyl (C=S) groups is 1. The lowest BCUT2D eigenvalue weighted by Gasteiger charge is -2.32. The van der Waals surface area contributed by atoms with Gasteiger partial charge in [0.15, 0.2) is 0 Å². The summed E-state index contributed by atoms with van der Waals surface area (Å²) >= 11 is 6.57. The smallest absolute Gasteiger partial charge is 0.115 e. The summed E-state index contributed by atoms with van der Waals surface area (Å²) in [6.45, 7) is 4.65. The Hall–Kier alpha value is -0.520. The molecule has 0 aromatic carbocycles. The number of thiazole rings is 1. The van der Waals surface area contributed by atoms with Crippen LogP contribution >= 0.6 is 23.6 Å². The molecule has 2 heterocycles. The van der Waals surface area contributed by atoms with Crippen molar-refractivity contribution in [2.24, 2.45) is 5.73 Å². The predicted molar refractivity (Wildman–Crippen MR) is 76.6 cm³/mol. The Balaban J connectivity index is 1.86. The Morgan fingerprint density at radius 2 is 2.47 bits per heavy atom. The number of hydrogen-bond donors (Lipinski definition) is 1. The second-order valence-electron chi connectivity index (χ2n) is 4.61. The van der Waals surface area contributed by atoms with Gasteiger partial charge in [-0.05, 0) is 26.3 Å². The number of hydrogen-bond acceptors (Lipinski definition) is 4. The molecule has 1 aromatic heterocycles. The van der Waals surface area contributed by atoms with Crippen LogP contribution in [-0.2, 0) is 6.42 Å². The summed E-state index contributed by atoms with van der Waals surface area (Å²) in [6.07, 6.45) is 6.84. The van der Waals surface area contributed by atoms with Gasteiger partial charge in [0.2, 0.25) is 0 Å². The zero-order valence-electron chi connectivity index (χ0n) is 10.2. The van der Waals surface area contributed by atoms with Gasteiger partial charge in [0.1, 0.15) is 4.99 Å². The lowest BCUT2D eigenvalue weighted by Crippen LogP contribution is -2.38. The van der Waals surface area contributed by atoms with Crippen LogP contribution in [0.5, 0.6) is 0 Å². The van der Waals surface area contributed by atoms with E-state index >= 15 is 0 Å². The van der Waals surface area contributed by atoms with Crippen LogP contribution in [0.3, 0.4) is 0 Å². The van der Waals surface area contributed by atoms with E-state index in [9.17, 15) is 0 Å². The van der Waals surface area contributed by atoms with E-state index < -0.39 is 0 Å². The second kappa shape index (κ2) is 5.89. The monoisotopic (exact) mass is 269 g/mol. The summed E-state index contributed by atoms with van der Waals surface area (Å²) in [6, 6.07) is 0.721. The van der Waals surface area contributed by atoms with Crippen molar-refractivity contribution in [3.05, 3.63) is 16.1 Å². The molecule has 0 radical (unpaired) electrons. The Kier molecular flexibility index (Phi) is 4.48. The Labute approximate surface area is 112 Å². The molecule has 1 aliphatic rings. The second-order valence-corrected chi connectivity index (χ2v) is 6.17. The van der Waals surface area contributed by atoms with E-state index in [1.165, 1.54) is 25.8 Å². The number of rotatable bonds is 4. The minimum absolute atomic E-state index is 0.458. The summed E-state index contributed by atoms with van der Waals surface area (Å²) < 4.78 is 0. The molecule has 1 fully saturated rings. The van der Waals surface area contributed by atoms with Crippen molar-refractivity contribution in [1.82, 2.24) is 9.88 Å². The van der Waals surface area contributed by atoms with Crippen LogP contribution in [0.4, 0.5) is 0 Å². The summed E-state index contributed by atoms with van der Waals surface area (Å²) in [4.78, 5) is 8.32. The maximum Gasteiger partial charge on any atom is 0.115 e. The minimum Gasteiger partial charge on any atom is -0.389 e. The molecule has 2 N–H and O–H groups in total. The van der Waals surface area contributed by atoms with Crippen LogP contribution < -0.4 is 5.73 Å². The fourth-order valence-electron chi connectivity index (χ4n) is 2.27. The van der Waals surface area contributed by atoms with Gasteiger partial charge in [0, 0.05) is 25.2 Å². The first-order chi connectivity index (χ1) is 8.16. The van der Waals surface area contributed by atoms with E-state index in [1.54, 1.807) is 17.5 Å². The molecule has 3 nitrogen and oxygen atoms in total. The highest BCUT2D eigenvalue weighted by Crippen LogP contribution is 2.18. The molecule has 0 aliphatic carbocycles. The van der Waals surface area contributed by atoms with Crippen LogP contribution in [0.25, 0.3) is 0 Å². The fourth-order valence-corrected chi connectivity index (χ4v) is 3.21. The van der Waals surface area contributed by atoms with Crippen molar-refractivity contribution in [1.29, 1.82) is 0 Å². The number of nitrogens with zero attached hydrogens (tertiary/aromatic N) is 2. The number of aromatic nitrogens is 1. The third-order valence-corrected chi connectivity index (χ3v) is 4.79. The van der Waals surface area contributed by atoms with Gasteiger partial charge >= 0.3 is 0 Å². The van der Waals surface area contributed by atoms with Gasteiger partial charge in [-0.1, -0.05) is 18.6 Å². The average Bonchev–Trinajstić information content (AvgIpc) is 2.77. The van der Waals surface area contributed by atoms with Crippen molar-refractivity contribution in [3.63, 3.8) is 0 Å². The number of piperidine rings is 1. The molecule has 0 bridgehead atoms. The van der Waals surface area contributed by atoms with E-state index in [1.807, 2.05) is 0 Å². The summed E-state index contributed by atoms with van der Waals surface area (Å²) in [5.74, 6) is 0. The van der Waals surface area contributed by atoms with E-state index in [0.717, 1.165) is 28.9 Å². The maximum atomic E-state index is 5.58. The Morgan fingerprint density at radius 3 is 3.12 bits per heavy atom. The Bertz CT molecular complexity index is 389. The summed E-state index contributed by atoms with van der Waals surface area (Å²) in [5, 5.41) is 1.14. The van der Waals surface area contributed by atoms with Crippen molar-refractivity contribution < 1.29 is 0 Å². The van der Waals surface area contributed by atoms with Gasteiger partial charge in [0.05, 0.1) is 9.88 Å². The van der Waals surface area contributed by atoms with Gasteiger partial charge in [-0.25, -0.2) is 4.98 Å². The summed E-state index contributed by atoms with van der Waals surface area (Å²) in [5.41, 5.74) is 5.58. The molecule has 2 rings (SSSR count). The molecule has 1 atom stereocenters. The molecule has 1 unspecified atom stereocenters. The molecule has 0 amide bonds. The topological polar surface area (TPSA) is 42.2 Å². The van der Waals surface area contributed by atoms with Crippen LogP contribution in [-0.4, -0.2) is 34.0 Å². The highest BCUT2D eigenvalue weighted by Gasteiger charge is 2.18. The highest BCUT2D eigenvalue weighted by molar-refractivity contribution is 7.81. The summed E-state index contributed by atoms with van der Waals surface area (Å²) in [7, 11) is 0. The van der Waals surface area contributed by atoms with E-state index in [-0.39, 0.29) is 0 Å². The molecule has 17 heavy (non-hydrogen) atoms. The van der Waals surface area contributed by atoms with Gasteiger partial charge in [-0.3, -0.25) is 0 Å². The molecule has 0 saturated carbocycles.